The van der Waals surface area contributed by atoms with E-state index in [0.29, 0.717) is 6.54 Å². The second-order valence-corrected chi connectivity index (χ2v) is 6.45. The fourth-order valence-corrected chi connectivity index (χ4v) is 2.47. The fourth-order valence-electron chi connectivity index (χ4n) is 1.32. The Hall–Kier alpha value is -0.130. The number of thiazole rings is 1. The summed E-state index contributed by atoms with van der Waals surface area (Å²) in [5.74, 6) is 0. The maximum absolute atomic E-state index is 9.76. The zero-order valence-electron chi connectivity index (χ0n) is 9.25. The lowest BCUT2D eigenvalue weighted by molar-refractivity contribution is 0.132. The van der Waals surface area contributed by atoms with Gasteiger partial charge < -0.3 is 10.4 Å². The first kappa shape index (κ1) is 12.9. The Kier molecular flexibility index (Phi) is 4.55. The molecule has 0 aromatic carbocycles. The van der Waals surface area contributed by atoms with Crippen LogP contribution < -0.4 is 5.32 Å². The molecule has 1 heterocycles. The van der Waals surface area contributed by atoms with E-state index < -0.39 is 0 Å². The van der Waals surface area contributed by atoms with E-state index >= 15 is 0 Å². The molecule has 2 N–H and O–H groups in total. The summed E-state index contributed by atoms with van der Waals surface area (Å²) in [6.45, 7) is 6.92. The molecular weight excluding hydrogens is 276 g/mol. The van der Waals surface area contributed by atoms with Crippen molar-refractivity contribution in [3.8, 4) is 0 Å². The van der Waals surface area contributed by atoms with E-state index in [-0.39, 0.29) is 11.5 Å². The first-order valence-corrected chi connectivity index (χ1v) is 6.57. The third kappa shape index (κ3) is 5.49. The Morgan fingerprint density at radius 3 is 2.73 bits per heavy atom. The van der Waals surface area contributed by atoms with Crippen LogP contribution >= 0.6 is 27.3 Å². The second-order valence-electron chi connectivity index (χ2n) is 4.77. The van der Waals surface area contributed by atoms with E-state index in [9.17, 15) is 5.11 Å². The van der Waals surface area contributed by atoms with Crippen molar-refractivity contribution < 1.29 is 5.11 Å². The number of nitrogens with zero attached hydrogens (tertiary/aromatic N) is 1. The number of hydrogen-bond acceptors (Lipinski definition) is 4. The van der Waals surface area contributed by atoms with Gasteiger partial charge in [-0.15, -0.1) is 11.3 Å². The lowest BCUT2D eigenvalue weighted by Crippen LogP contribution is -2.25. The number of anilines is 1. The minimum atomic E-state index is -0.326. The number of hydrogen-bond donors (Lipinski definition) is 2. The summed E-state index contributed by atoms with van der Waals surface area (Å²) < 4.78 is 0.834. The van der Waals surface area contributed by atoms with Crippen molar-refractivity contribution in [1.82, 2.24) is 4.98 Å². The SMILES string of the molecule is CC(C)(C)CC(O)CNc1nc(Br)cs1. The average molecular weight is 293 g/mol. The number of halogens is 1. The maximum Gasteiger partial charge on any atom is 0.183 e. The molecule has 0 fully saturated rings. The second kappa shape index (κ2) is 5.27. The standard InChI is InChI=1S/C10H17BrN2OS/c1-10(2,3)4-7(14)5-12-9-13-8(11)6-15-9/h6-7,14H,4-5H2,1-3H3,(H,12,13). The molecule has 1 aromatic rings. The number of rotatable bonds is 4. The third-order valence-corrected chi connectivity index (χ3v) is 3.32. The zero-order valence-corrected chi connectivity index (χ0v) is 11.7. The van der Waals surface area contributed by atoms with Gasteiger partial charge in [-0.05, 0) is 27.8 Å². The molecule has 0 aliphatic rings. The van der Waals surface area contributed by atoms with Gasteiger partial charge in [0.05, 0.1) is 6.10 Å². The molecular formula is C10H17BrN2OS. The largest absolute Gasteiger partial charge is 0.391 e. The van der Waals surface area contributed by atoms with Crippen molar-refractivity contribution in [1.29, 1.82) is 0 Å². The Labute approximate surface area is 103 Å². The first-order valence-electron chi connectivity index (χ1n) is 4.90. The van der Waals surface area contributed by atoms with Gasteiger partial charge in [-0.3, -0.25) is 0 Å². The van der Waals surface area contributed by atoms with Crippen LogP contribution in [0.4, 0.5) is 5.13 Å². The summed E-state index contributed by atoms with van der Waals surface area (Å²) in [6.07, 6.45) is 0.458. The molecule has 0 amide bonds. The Balaban J connectivity index is 2.31. The van der Waals surface area contributed by atoms with Gasteiger partial charge in [-0.1, -0.05) is 20.8 Å². The highest BCUT2D eigenvalue weighted by Gasteiger charge is 2.16. The number of aliphatic hydroxyl groups is 1. The molecule has 1 atom stereocenters. The molecule has 1 unspecified atom stereocenters. The Morgan fingerprint density at radius 1 is 1.60 bits per heavy atom. The van der Waals surface area contributed by atoms with Gasteiger partial charge >= 0.3 is 0 Å². The highest BCUT2D eigenvalue weighted by atomic mass is 79.9. The van der Waals surface area contributed by atoms with E-state index in [1.54, 1.807) is 0 Å². The van der Waals surface area contributed by atoms with Gasteiger partial charge in [-0.2, -0.15) is 0 Å². The van der Waals surface area contributed by atoms with Crippen LogP contribution in [0.5, 0.6) is 0 Å². The van der Waals surface area contributed by atoms with Crippen LogP contribution in [-0.4, -0.2) is 22.7 Å². The lowest BCUT2D eigenvalue weighted by Gasteiger charge is -2.22. The summed E-state index contributed by atoms with van der Waals surface area (Å²) in [4.78, 5) is 4.19. The van der Waals surface area contributed by atoms with Crippen LogP contribution in [0.2, 0.25) is 0 Å². The van der Waals surface area contributed by atoms with Crippen LogP contribution in [0.1, 0.15) is 27.2 Å². The molecule has 0 spiro atoms. The first-order chi connectivity index (χ1) is 6.87. The van der Waals surface area contributed by atoms with Gasteiger partial charge in [0.15, 0.2) is 5.13 Å². The van der Waals surface area contributed by atoms with Gasteiger partial charge in [0.2, 0.25) is 0 Å². The minimum Gasteiger partial charge on any atom is -0.391 e. The van der Waals surface area contributed by atoms with E-state index in [0.717, 1.165) is 16.2 Å². The highest BCUT2D eigenvalue weighted by Crippen LogP contribution is 2.22. The van der Waals surface area contributed by atoms with Crippen molar-refractivity contribution in [2.75, 3.05) is 11.9 Å². The molecule has 0 radical (unpaired) electrons. The van der Waals surface area contributed by atoms with Crippen molar-refractivity contribution in [2.45, 2.75) is 33.3 Å². The third-order valence-electron chi connectivity index (χ3n) is 1.81. The molecule has 0 bridgehead atoms. The molecule has 86 valence electrons. The molecule has 3 nitrogen and oxygen atoms in total. The maximum atomic E-state index is 9.76. The van der Waals surface area contributed by atoms with Gasteiger partial charge in [-0.25, -0.2) is 4.98 Å². The molecule has 0 saturated heterocycles. The van der Waals surface area contributed by atoms with Crippen LogP contribution in [0, 0.1) is 5.41 Å². The van der Waals surface area contributed by atoms with Crippen LogP contribution in [0.25, 0.3) is 0 Å². The van der Waals surface area contributed by atoms with E-state index in [2.05, 4.69) is 47.0 Å². The predicted molar refractivity (Wildman–Crippen MR) is 68.4 cm³/mol. The fraction of sp³-hybridized carbons (Fsp3) is 0.700. The van der Waals surface area contributed by atoms with E-state index in [4.69, 9.17) is 0 Å². The smallest absolute Gasteiger partial charge is 0.183 e. The number of aliphatic hydroxyl groups excluding tert-OH is 1. The van der Waals surface area contributed by atoms with Crippen molar-refractivity contribution in [3.05, 3.63) is 9.98 Å². The summed E-state index contributed by atoms with van der Waals surface area (Å²) in [5.41, 5.74) is 0.157. The normalized spacial score (nSPS) is 13.9. The molecule has 0 aliphatic heterocycles. The van der Waals surface area contributed by atoms with Crippen LogP contribution in [-0.2, 0) is 0 Å². The predicted octanol–water partition coefficient (Wildman–Crippen LogP) is 3.11. The Bertz CT molecular complexity index is 309. The number of aromatic nitrogens is 1. The van der Waals surface area contributed by atoms with E-state index in [1.807, 2.05) is 5.38 Å². The number of nitrogens with one attached hydrogen (secondary N) is 1. The Morgan fingerprint density at radius 2 is 2.27 bits per heavy atom. The monoisotopic (exact) mass is 292 g/mol. The van der Waals surface area contributed by atoms with Crippen LogP contribution in [0.15, 0.2) is 9.98 Å². The van der Waals surface area contributed by atoms with Gasteiger partial charge in [0.1, 0.15) is 4.60 Å². The molecule has 15 heavy (non-hydrogen) atoms. The van der Waals surface area contributed by atoms with Crippen LogP contribution in [0.3, 0.4) is 0 Å². The van der Waals surface area contributed by atoms with E-state index in [1.165, 1.54) is 11.3 Å². The van der Waals surface area contributed by atoms with Gasteiger partial charge in [0.25, 0.3) is 0 Å². The van der Waals surface area contributed by atoms with Crippen molar-refractivity contribution >= 4 is 32.4 Å². The summed E-state index contributed by atoms with van der Waals surface area (Å²) in [5, 5.41) is 15.6. The van der Waals surface area contributed by atoms with Crippen molar-refractivity contribution in [3.63, 3.8) is 0 Å². The molecule has 5 heteroatoms. The minimum absolute atomic E-state index is 0.157. The highest BCUT2D eigenvalue weighted by molar-refractivity contribution is 9.10. The molecule has 1 aromatic heterocycles. The molecule has 0 saturated carbocycles. The van der Waals surface area contributed by atoms with Crippen molar-refractivity contribution in [2.24, 2.45) is 5.41 Å². The summed E-state index contributed by atoms with van der Waals surface area (Å²) in [6, 6.07) is 0. The molecule has 0 aliphatic carbocycles. The zero-order chi connectivity index (χ0) is 11.5. The topological polar surface area (TPSA) is 45.1 Å². The summed E-state index contributed by atoms with van der Waals surface area (Å²) in [7, 11) is 0. The summed E-state index contributed by atoms with van der Waals surface area (Å²) >= 11 is 4.81. The average Bonchev–Trinajstić information content (AvgIpc) is 2.45. The lowest BCUT2D eigenvalue weighted by atomic mass is 9.89. The quantitative estimate of drug-likeness (QED) is 0.896. The molecule has 1 rings (SSSR count). The van der Waals surface area contributed by atoms with Gasteiger partial charge in [0, 0.05) is 11.9 Å².